The second-order valence-corrected chi connectivity index (χ2v) is 8.92. The normalized spacial score (nSPS) is 13.8. The summed E-state index contributed by atoms with van der Waals surface area (Å²) >= 11 is 8.01. The molecule has 0 aliphatic heterocycles. The Kier molecular flexibility index (Phi) is 4.60. The first-order chi connectivity index (χ1) is 14.4. The van der Waals surface area contributed by atoms with E-state index >= 15 is 0 Å². The average molecular weight is 442 g/mol. The number of nitrogens with one attached hydrogen (secondary N) is 1. The number of fused-ring (bicyclic) bond motifs is 1. The van der Waals surface area contributed by atoms with Crippen LogP contribution in [0.25, 0.3) is 22.0 Å². The maximum absolute atomic E-state index is 14.5. The molecule has 1 fully saturated rings. The number of hydrogen-bond acceptors (Lipinski definition) is 3. The van der Waals surface area contributed by atoms with Crippen molar-refractivity contribution in [3.8, 4) is 11.1 Å². The molecule has 1 saturated carbocycles. The third-order valence-corrected chi connectivity index (χ3v) is 6.69. The molecule has 0 saturated heterocycles. The molecule has 1 aliphatic carbocycles. The van der Waals surface area contributed by atoms with Gasteiger partial charge in [-0.3, -0.25) is 4.68 Å². The summed E-state index contributed by atoms with van der Waals surface area (Å²) in [7, 11) is 1.67. The lowest BCUT2D eigenvalue weighted by atomic mass is 10.1. The molecular weight excluding hydrogens is 425 g/mol. The van der Waals surface area contributed by atoms with Gasteiger partial charge in [-0.1, -0.05) is 35.5 Å². The van der Waals surface area contributed by atoms with Crippen molar-refractivity contribution in [2.75, 3.05) is 0 Å². The number of halogens is 2. The van der Waals surface area contributed by atoms with Crippen LogP contribution in [0.15, 0.2) is 52.4 Å². The van der Waals surface area contributed by atoms with Crippen molar-refractivity contribution in [2.45, 2.75) is 28.6 Å². The van der Waals surface area contributed by atoms with Crippen LogP contribution in [0.5, 0.6) is 0 Å². The van der Waals surface area contributed by atoms with Gasteiger partial charge in [-0.15, -0.1) is 5.10 Å². The van der Waals surface area contributed by atoms with E-state index < -0.39 is 11.9 Å². The van der Waals surface area contributed by atoms with Gasteiger partial charge in [-0.25, -0.2) is 4.79 Å². The van der Waals surface area contributed by atoms with Gasteiger partial charge in [0.1, 0.15) is 0 Å². The molecule has 4 aromatic rings. The third-order valence-electron chi connectivity index (χ3n) is 5.24. The van der Waals surface area contributed by atoms with Gasteiger partial charge in [0.15, 0.2) is 0 Å². The van der Waals surface area contributed by atoms with E-state index in [4.69, 9.17) is 11.6 Å². The number of carbonyl (C=O) groups is 1. The van der Waals surface area contributed by atoms with Crippen LogP contribution in [0, 0.1) is 5.95 Å². The second-order valence-electron chi connectivity index (χ2n) is 7.43. The van der Waals surface area contributed by atoms with Crippen molar-refractivity contribution in [3.63, 3.8) is 0 Å². The van der Waals surface area contributed by atoms with Crippen molar-refractivity contribution in [3.05, 3.63) is 64.8 Å². The molecule has 0 spiro atoms. The van der Waals surface area contributed by atoms with Gasteiger partial charge in [-0.2, -0.15) is 4.39 Å². The zero-order valence-corrected chi connectivity index (χ0v) is 17.5. The van der Waals surface area contributed by atoms with E-state index in [1.54, 1.807) is 37.5 Å². The van der Waals surface area contributed by atoms with E-state index in [1.165, 1.54) is 16.4 Å². The molecule has 0 radical (unpaired) electrons. The Balaban J connectivity index is 1.70. The van der Waals surface area contributed by atoms with Gasteiger partial charge in [0.05, 0.1) is 21.7 Å². The Labute approximate surface area is 180 Å². The summed E-state index contributed by atoms with van der Waals surface area (Å²) in [5.41, 5.74) is 3.04. The standard InChI is InChI=1S/C22H17ClFN3O2S/c1-27-10-15(21(24)26-27)17-16(23)8-7-14-19(17)25-18(11-5-6-11)20(14)30-13-4-2-3-12(9-13)22(28)29/h2-4,7-11,25H,5-6H2,1H3,(H,28,29). The molecule has 1 aliphatic rings. The molecular formula is C22H17ClFN3O2S. The van der Waals surface area contributed by atoms with Crippen molar-refractivity contribution in [1.82, 2.24) is 14.8 Å². The van der Waals surface area contributed by atoms with E-state index in [0.29, 0.717) is 22.1 Å². The van der Waals surface area contributed by atoms with Gasteiger partial charge in [0.2, 0.25) is 5.95 Å². The summed E-state index contributed by atoms with van der Waals surface area (Å²) < 4.78 is 15.9. The SMILES string of the molecule is Cn1cc(-c2c(Cl)ccc3c(Sc4cccc(C(=O)O)c4)c(C4CC4)[nH]c23)c(F)n1. The van der Waals surface area contributed by atoms with Gasteiger partial charge in [0.25, 0.3) is 0 Å². The number of benzene rings is 2. The molecule has 0 unspecified atom stereocenters. The minimum absolute atomic E-state index is 0.244. The van der Waals surface area contributed by atoms with Crippen LogP contribution in [0.3, 0.4) is 0 Å². The molecule has 2 heterocycles. The lowest BCUT2D eigenvalue weighted by Gasteiger charge is -2.06. The highest BCUT2D eigenvalue weighted by Crippen LogP contribution is 2.50. The quantitative estimate of drug-likeness (QED) is 0.393. The van der Waals surface area contributed by atoms with Crippen LogP contribution in [0.1, 0.15) is 34.8 Å². The van der Waals surface area contributed by atoms with Crippen molar-refractivity contribution in [1.29, 1.82) is 0 Å². The third kappa shape index (κ3) is 3.28. The number of nitrogens with zero attached hydrogens (tertiary/aromatic N) is 2. The minimum atomic E-state index is -0.958. The van der Waals surface area contributed by atoms with Gasteiger partial charge >= 0.3 is 5.97 Å². The fraction of sp³-hybridized carbons (Fsp3) is 0.182. The first-order valence-electron chi connectivity index (χ1n) is 9.47. The maximum Gasteiger partial charge on any atom is 0.335 e. The number of aromatic nitrogens is 3. The summed E-state index contributed by atoms with van der Waals surface area (Å²) in [5.74, 6) is -1.12. The highest BCUT2D eigenvalue weighted by molar-refractivity contribution is 7.99. The summed E-state index contributed by atoms with van der Waals surface area (Å²) in [6.07, 6.45) is 3.79. The first kappa shape index (κ1) is 19.2. The molecule has 0 bridgehead atoms. The molecule has 152 valence electrons. The number of carboxylic acids is 1. The number of H-pyrrole nitrogens is 1. The Morgan fingerprint density at radius 1 is 1.33 bits per heavy atom. The van der Waals surface area contributed by atoms with E-state index in [0.717, 1.165) is 39.2 Å². The van der Waals surface area contributed by atoms with E-state index in [-0.39, 0.29) is 5.56 Å². The summed E-state index contributed by atoms with van der Waals surface area (Å²) in [4.78, 5) is 16.7. The van der Waals surface area contributed by atoms with Crippen LogP contribution in [0.2, 0.25) is 5.02 Å². The van der Waals surface area contributed by atoms with Crippen LogP contribution in [-0.4, -0.2) is 25.8 Å². The van der Waals surface area contributed by atoms with Crippen LogP contribution < -0.4 is 0 Å². The zero-order valence-electron chi connectivity index (χ0n) is 15.9. The summed E-state index contributed by atoms with van der Waals surface area (Å²) in [6.45, 7) is 0. The molecule has 2 N–H and O–H groups in total. The number of carboxylic acid groups (broad SMARTS) is 1. The zero-order chi connectivity index (χ0) is 21.0. The molecule has 30 heavy (non-hydrogen) atoms. The predicted molar refractivity (Wildman–Crippen MR) is 115 cm³/mol. The van der Waals surface area contributed by atoms with Crippen molar-refractivity contribution >= 4 is 40.2 Å². The fourth-order valence-corrected chi connectivity index (χ4v) is 5.14. The highest BCUT2D eigenvalue weighted by Gasteiger charge is 2.31. The van der Waals surface area contributed by atoms with Crippen LogP contribution >= 0.6 is 23.4 Å². The number of hydrogen-bond donors (Lipinski definition) is 2. The Morgan fingerprint density at radius 3 is 2.80 bits per heavy atom. The molecule has 0 atom stereocenters. The molecule has 0 amide bonds. The van der Waals surface area contributed by atoms with Crippen molar-refractivity contribution < 1.29 is 14.3 Å². The topological polar surface area (TPSA) is 70.9 Å². The monoisotopic (exact) mass is 441 g/mol. The van der Waals surface area contributed by atoms with Gasteiger partial charge in [0, 0.05) is 45.6 Å². The van der Waals surface area contributed by atoms with Gasteiger partial charge < -0.3 is 10.1 Å². The Hall–Kier alpha value is -2.77. The maximum atomic E-state index is 14.5. The number of aryl methyl sites for hydroxylation is 1. The number of aromatic carboxylic acids is 1. The lowest BCUT2D eigenvalue weighted by Crippen LogP contribution is -1.95. The summed E-state index contributed by atoms with van der Waals surface area (Å²) in [6, 6.07) is 10.6. The van der Waals surface area contributed by atoms with E-state index in [9.17, 15) is 14.3 Å². The van der Waals surface area contributed by atoms with Crippen molar-refractivity contribution in [2.24, 2.45) is 7.05 Å². The van der Waals surface area contributed by atoms with E-state index in [1.807, 2.05) is 12.1 Å². The smallest absolute Gasteiger partial charge is 0.335 e. The molecule has 5 rings (SSSR count). The van der Waals surface area contributed by atoms with Gasteiger partial charge in [-0.05, 0) is 37.1 Å². The number of rotatable bonds is 5. The first-order valence-corrected chi connectivity index (χ1v) is 10.7. The predicted octanol–water partition coefficient (Wildman–Crippen LogP) is 6.09. The fourth-order valence-electron chi connectivity index (χ4n) is 3.71. The Bertz CT molecular complexity index is 1310. The van der Waals surface area contributed by atoms with E-state index in [2.05, 4.69) is 10.1 Å². The summed E-state index contributed by atoms with van der Waals surface area (Å²) in [5, 5.41) is 14.5. The minimum Gasteiger partial charge on any atom is -0.478 e. The number of aromatic amines is 1. The van der Waals surface area contributed by atoms with Crippen LogP contribution in [0.4, 0.5) is 4.39 Å². The Morgan fingerprint density at radius 2 is 2.13 bits per heavy atom. The highest BCUT2D eigenvalue weighted by atomic mass is 35.5. The largest absolute Gasteiger partial charge is 0.478 e. The molecule has 5 nitrogen and oxygen atoms in total. The second kappa shape index (κ2) is 7.18. The molecule has 2 aromatic heterocycles. The molecule has 2 aromatic carbocycles. The molecule has 8 heteroatoms. The lowest BCUT2D eigenvalue weighted by molar-refractivity contribution is 0.0696. The average Bonchev–Trinajstić information content (AvgIpc) is 3.42. The van der Waals surface area contributed by atoms with Crippen LogP contribution in [-0.2, 0) is 7.05 Å².